The summed E-state index contributed by atoms with van der Waals surface area (Å²) in [5.74, 6) is 0.0695. The van der Waals surface area contributed by atoms with Gasteiger partial charge in [0.25, 0.3) is 5.91 Å². The average molecular weight is 345 g/mol. The SMILES string of the molecule is C=C(C)CN1CCN(C(=O)c2ccc(-c3ccccc3C#N)cc2)CC1. The van der Waals surface area contributed by atoms with E-state index in [9.17, 15) is 10.1 Å². The quantitative estimate of drug-likeness (QED) is 0.796. The summed E-state index contributed by atoms with van der Waals surface area (Å²) < 4.78 is 0. The van der Waals surface area contributed by atoms with E-state index in [0.717, 1.165) is 49.4 Å². The van der Waals surface area contributed by atoms with E-state index < -0.39 is 0 Å². The summed E-state index contributed by atoms with van der Waals surface area (Å²) in [6, 6.07) is 17.3. The smallest absolute Gasteiger partial charge is 0.253 e. The Hall–Kier alpha value is -2.90. The number of piperazine rings is 1. The maximum atomic E-state index is 12.7. The lowest BCUT2D eigenvalue weighted by Gasteiger charge is -2.34. The molecule has 26 heavy (non-hydrogen) atoms. The lowest BCUT2D eigenvalue weighted by Crippen LogP contribution is -2.48. The van der Waals surface area contributed by atoms with Gasteiger partial charge in [-0.05, 0) is 36.2 Å². The topological polar surface area (TPSA) is 47.3 Å². The Bertz CT molecular complexity index is 840. The lowest BCUT2D eigenvalue weighted by molar-refractivity contribution is 0.0648. The van der Waals surface area contributed by atoms with Gasteiger partial charge in [0.2, 0.25) is 0 Å². The van der Waals surface area contributed by atoms with Gasteiger partial charge < -0.3 is 4.90 Å². The van der Waals surface area contributed by atoms with Crippen LogP contribution in [0.4, 0.5) is 0 Å². The molecule has 0 saturated carbocycles. The third-order valence-electron chi connectivity index (χ3n) is 4.64. The second-order valence-electron chi connectivity index (χ2n) is 6.76. The van der Waals surface area contributed by atoms with Crippen molar-refractivity contribution in [2.75, 3.05) is 32.7 Å². The van der Waals surface area contributed by atoms with Crippen LogP contribution in [0.25, 0.3) is 11.1 Å². The summed E-state index contributed by atoms with van der Waals surface area (Å²) in [4.78, 5) is 17.0. The van der Waals surface area contributed by atoms with Crippen molar-refractivity contribution in [2.45, 2.75) is 6.92 Å². The highest BCUT2D eigenvalue weighted by Gasteiger charge is 2.22. The number of rotatable bonds is 4. The van der Waals surface area contributed by atoms with Gasteiger partial charge in [-0.15, -0.1) is 0 Å². The first-order valence-corrected chi connectivity index (χ1v) is 8.84. The van der Waals surface area contributed by atoms with Crippen molar-refractivity contribution in [2.24, 2.45) is 0 Å². The molecule has 0 atom stereocenters. The van der Waals surface area contributed by atoms with Crippen LogP contribution in [0.1, 0.15) is 22.8 Å². The van der Waals surface area contributed by atoms with E-state index in [4.69, 9.17) is 0 Å². The van der Waals surface area contributed by atoms with Gasteiger partial charge in [0.15, 0.2) is 0 Å². The number of amides is 1. The molecule has 1 saturated heterocycles. The number of benzene rings is 2. The maximum absolute atomic E-state index is 12.7. The predicted octanol–water partition coefficient (Wildman–Crippen LogP) is 3.56. The number of nitrogens with zero attached hydrogens (tertiary/aromatic N) is 3. The van der Waals surface area contributed by atoms with Crippen LogP contribution in [0, 0.1) is 11.3 Å². The number of carbonyl (C=O) groups is 1. The molecular formula is C22H23N3O. The fourth-order valence-corrected chi connectivity index (χ4v) is 3.30. The third kappa shape index (κ3) is 4.01. The highest BCUT2D eigenvalue weighted by Crippen LogP contribution is 2.24. The second kappa shape index (κ2) is 7.99. The molecule has 0 aliphatic carbocycles. The van der Waals surface area contributed by atoms with Gasteiger partial charge in [0.1, 0.15) is 0 Å². The van der Waals surface area contributed by atoms with Crippen molar-refractivity contribution in [1.82, 2.24) is 9.80 Å². The van der Waals surface area contributed by atoms with Crippen molar-refractivity contribution >= 4 is 5.91 Å². The highest BCUT2D eigenvalue weighted by atomic mass is 16.2. The zero-order chi connectivity index (χ0) is 18.5. The lowest BCUT2D eigenvalue weighted by atomic mass is 9.99. The molecule has 2 aromatic carbocycles. The fourth-order valence-electron chi connectivity index (χ4n) is 3.30. The normalized spacial score (nSPS) is 14.7. The molecule has 0 spiro atoms. The van der Waals surface area contributed by atoms with Gasteiger partial charge in [-0.25, -0.2) is 0 Å². The summed E-state index contributed by atoms with van der Waals surface area (Å²) in [5, 5.41) is 9.25. The van der Waals surface area contributed by atoms with Crippen LogP contribution >= 0.6 is 0 Å². The van der Waals surface area contributed by atoms with Gasteiger partial charge >= 0.3 is 0 Å². The van der Waals surface area contributed by atoms with Gasteiger partial charge in [0.05, 0.1) is 11.6 Å². The summed E-state index contributed by atoms with van der Waals surface area (Å²) in [7, 11) is 0. The number of carbonyl (C=O) groups excluding carboxylic acids is 1. The van der Waals surface area contributed by atoms with Crippen LogP contribution in [0.15, 0.2) is 60.7 Å². The van der Waals surface area contributed by atoms with E-state index in [1.807, 2.05) is 54.3 Å². The number of hydrogen-bond donors (Lipinski definition) is 0. The summed E-state index contributed by atoms with van der Waals surface area (Å²) >= 11 is 0. The first-order valence-electron chi connectivity index (χ1n) is 8.84. The van der Waals surface area contributed by atoms with Crippen molar-refractivity contribution in [3.05, 3.63) is 71.8 Å². The van der Waals surface area contributed by atoms with E-state index >= 15 is 0 Å². The summed E-state index contributed by atoms with van der Waals surface area (Å²) in [5.41, 5.74) is 4.32. The van der Waals surface area contributed by atoms with Gasteiger partial charge in [0, 0.05) is 38.3 Å². The zero-order valence-electron chi connectivity index (χ0n) is 15.1. The molecule has 1 aliphatic rings. The van der Waals surface area contributed by atoms with Gasteiger partial charge in [-0.2, -0.15) is 5.26 Å². The van der Waals surface area contributed by atoms with Crippen LogP contribution in [0.2, 0.25) is 0 Å². The fraction of sp³-hybridized carbons (Fsp3) is 0.273. The Labute approximate surface area is 155 Å². The van der Waals surface area contributed by atoms with E-state index in [1.165, 1.54) is 0 Å². The Morgan fingerprint density at radius 1 is 1.08 bits per heavy atom. The van der Waals surface area contributed by atoms with E-state index in [0.29, 0.717) is 11.1 Å². The van der Waals surface area contributed by atoms with Gasteiger partial charge in [-0.3, -0.25) is 9.69 Å². The molecule has 0 N–H and O–H groups in total. The van der Waals surface area contributed by atoms with Crippen molar-refractivity contribution in [3.8, 4) is 17.2 Å². The molecular weight excluding hydrogens is 322 g/mol. The number of nitriles is 1. The molecule has 0 radical (unpaired) electrons. The molecule has 2 aromatic rings. The van der Waals surface area contributed by atoms with Crippen molar-refractivity contribution in [1.29, 1.82) is 5.26 Å². The molecule has 132 valence electrons. The molecule has 1 amide bonds. The standard InChI is InChI=1S/C22H23N3O/c1-17(2)16-24-11-13-25(14-12-24)22(26)19-9-7-18(8-10-19)21-6-4-3-5-20(21)15-23/h3-10H,1,11-14,16H2,2H3. The minimum atomic E-state index is 0.0695. The molecule has 1 aliphatic heterocycles. The van der Waals surface area contributed by atoms with Crippen LogP contribution in [0.3, 0.4) is 0 Å². The third-order valence-corrected chi connectivity index (χ3v) is 4.64. The summed E-state index contributed by atoms with van der Waals surface area (Å²) in [6.07, 6.45) is 0. The largest absolute Gasteiger partial charge is 0.336 e. The van der Waals surface area contributed by atoms with E-state index in [-0.39, 0.29) is 5.91 Å². The average Bonchev–Trinajstić information content (AvgIpc) is 2.67. The van der Waals surface area contributed by atoms with Gasteiger partial charge in [-0.1, -0.05) is 42.5 Å². The predicted molar refractivity (Wildman–Crippen MR) is 104 cm³/mol. The first-order chi connectivity index (χ1) is 12.6. The van der Waals surface area contributed by atoms with Crippen LogP contribution in [-0.4, -0.2) is 48.4 Å². The molecule has 3 rings (SSSR count). The second-order valence-corrected chi connectivity index (χ2v) is 6.76. The Morgan fingerprint density at radius 3 is 2.35 bits per heavy atom. The van der Waals surface area contributed by atoms with Crippen LogP contribution < -0.4 is 0 Å². The van der Waals surface area contributed by atoms with Crippen molar-refractivity contribution < 1.29 is 4.79 Å². The molecule has 1 heterocycles. The Morgan fingerprint density at radius 2 is 1.73 bits per heavy atom. The van der Waals surface area contributed by atoms with Crippen molar-refractivity contribution in [3.63, 3.8) is 0 Å². The molecule has 4 nitrogen and oxygen atoms in total. The minimum absolute atomic E-state index is 0.0695. The van der Waals surface area contributed by atoms with E-state index in [1.54, 1.807) is 6.07 Å². The highest BCUT2D eigenvalue weighted by molar-refractivity contribution is 5.95. The Kier molecular flexibility index (Phi) is 5.50. The molecule has 0 unspecified atom stereocenters. The zero-order valence-corrected chi connectivity index (χ0v) is 15.1. The number of hydrogen-bond acceptors (Lipinski definition) is 3. The molecule has 4 heteroatoms. The van der Waals surface area contributed by atoms with Crippen LogP contribution in [-0.2, 0) is 0 Å². The minimum Gasteiger partial charge on any atom is -0.336 e. The molecule has 0 bridgehead atoms. The Balaban J connectivity index is 1.68. The first kappa shape index (κ1) is 17.9. The van der Waals surface area contributed by atoms with E-state index in [2.05, 4.69) is 17.5 Å². The monoisotopic (exact) mass is 345 g/mol. The molecule has 1 fully saturated rings. The summed E-state index contributed by atoms with van der Waals surface area (Å²) in [6.45, 7) is 10.1. The maximum Gasteiger partial charge on any atom is 0.253 e. The molecule has 0 aromatic heterocycles. The van der Waals surface area contributed by atoms with Crippen LogP contribution in [0.5, 0.6) is 0 Å².